The van der Waals surface area contributed by atoms with Crippen molar-refractivity contribution in [3.05, 3.63) is 0 Å². The van der Waals surface area contributed by atoms with Crippen LogP contribution in [-0.2, 0) is 4.79 Å². The van der Waals surface area contributed by atoms with E-state index in [1.54, 1.807) is 0 Å². The Morgan fingerprint density at radius 3 is 2.75 bits per heavy atom. The minimum absolute atomic E-state index is 0.103. The monoisotopic (exact) mass is 221 g/mol. The normalized spacial score (nSPS) is 29.3. The highest BCUT2D eigenvalue weighted by atomic mass is 16.2. The van der Waals surface area contributed by atoms with Crippen LogP contribution in [0.15, 0.2) is 0 Å². The van der Waals surface area contributed by atoms with E-state index in [0.29, 0.717) is 6.54 Å². The maximum atomic E-state index is 11.8. The van der Waals surface area contributed by atoms with Crippen LogP contribution in [0.3, 0.4) is 0 Å². The third-order valence-electron chi connectivity index (χ3n) is 3.66. The third kappa shape index (κ3) is 2.53. The first kappa shape index (κ1) is 11.4. The summed E-state index contributed by atoms with van der Waals surface area (Å²) in [4.78, 5) is 13.7. The lowest BCUT2D eigenvalue weighted by Crippen LogP contribution is -2.41. The van der Waals surface area contributed by atoms with Gasteiger partial charge in [0, 0.05) is 19.1 Å². The fraction of sp³-hybridized carbons (Fsp3) is 0.833. The Hall–Kier alpha value is -1.08. The molecule has 1 heterocycles. The van der Waals surface area contributed by atoms with E-state index < -0.39 is 0 Å². The van der Waals surface area contributed by atoms with Crippen LogP contribution in [0.2, 0.25) is 0 Å². The number of amides is 1. The minimum Gasteiger partial charge on any atom is -0.342 e. The minimum atomic E-state index is 0.103. The predicted molar refractivity (Wildman–Crippen MR) is 60.6 cm³/mol. The fourth-order valence-electron chi connectivity index (χ4n) is 2.66. The summed E-state index contributed by atoms with van der Waals surface area (Å²) < 4.78 is 0. The molecule has 2 atom stereocenters. The van der Waals surface area contributed by atoms with E-state index in [0.717, 1.165) is 45.2 Å². The van der Waals surface area contributed by atoms with Crippen LogP contribution in [0.1, 0.15) is 32.1 Å². The van der Waals surface area contributed by atoms with Crippen molar-refractivity contribution in [1.82, 2.24) is 10.2 Å². The molecule has 2 aliphatic rings. The number of likely N-dealkylation sites (tertiary alicyclic amines) is 1. The van der Waals surface area contributed by atoms with Gasteiger partial charge in [0.05, 0.1) is 18.5 Å². The number of carbonyl (C=O) groups is 1. The van der Waals surface area contributed by atoms with Gasteiger partial charge in [0.2, 0.25) is 5.91 Å². The number of hydrogen-bond donors (Lipinski definition) is 1. The molecular formula is C12H19N3O. The quantitative estimate of drug-likeness (QED) is 0.770. The number of nitriles is 1. The lowest BCUT2D eigenvalue weighted by atomic mass is 10.1. The van der Waals surface area contributed by atoms with Crippen LogP contribution in [0, 0.1) is 17.2 Å². The van der Waals surface area contributed by atoms with Gasteiger partial charge in [-0.15, -0.1) is 0 Å². The number of rotatable bonds is 3. The van der Waals surface area contributed by atoms with Crippen LogP contribution < -0.4 is 5.32 Å². The number of nitrogens with one attached hydrogen (secondary N) is 1. The Kier molecular flexibility index (Phi) is 3.79. The maximum Gasteiger partial charge on any atom is 0.236 e. The van der Waals surface area contributed by atoms with Gasteiger partial charge in [-0.1, -0.05) is 6.42 Å². The molecule has 0 aromatic carbocycles. The molecule has 16 heavy (non-hydrogen) atoms. The standard InChI is InChI=1S/C12H19N3O/c13-8-10-4-3-5-11(10)14-9-12(16)15-6-1-2-7-15/h10-11,14H,1-7,9H2. The van der Waals surface area contributed by atoms with Gasteiger partial charge in [-0.2, -0.15) is 5.26 Å². The van der Waals surface area contributed by atoms with Crippen LogP contribution in [0.4, 0.5) is 0 Å². The van der Waals surface area contributed by atoms with Gasteiger partial charge in [0.1, 0.15) is 0 Å². The van der Waals surface area contributed by atoms with Crippen molar-refractivity contribution in [2.24, 2.45) is 5.92 Å². The van der Waals surface area contributed by atoms with E-state index >= 15 is 0 Å². The summed E-state index contributed by atoms with van der Waals surface area (Å²) in [5, 5.41) is 12.2. The third-order valence-corrected chi connectivity index (χ3v) is 3.66. The SMILES string of the molecule is N#CC1CCCC1NCC(=O)N1CCCC1. The predicted octanol–water partition coefficient (Wildman–Crippen LogP) is 0.891. The Balaban J connectivity index is 1.74. The molecule has 0 spiro atoms. The van der Waals surface area contributed by atoms with Gasteiger partial charge in [-0.25, -0.2) is 0 Å². The summed E-state index contributed by atoms with van der Waals surface area (Å²) in [6, 6.07) is 2.55. The topological polar surface area (TPSA) is 56.1 Å². The van der Waals surface area contributed by atoms with Gasteiger partial charge < -0.3 is 10.2 Å². The highest BCUT2D eigenvalue weighted by molar-refractivity contribution is 5.78. The second-order valence-electron chi connectivity index (χ2n) is 4.74. The van der Waals surface area contributed by atoms with Crippen molar-refractivity contribution in [3.63, 3.8) is 0 Å². The molecule has 0 radical (unpaired) electrons. The van der Waals surface area contributed by atoms with E-state index in [2.05, 4.69) is 11.4 Å². The molecule has 1 aliphatic heterocycles. The highest BCUT2D eigenvalue weighted by Crippen LogP contribution is 2.24. The van der Waals surface area contributed by atoms with E-state index in [4.69, 9.17) is 5.26 Å². The van der Waals surface area contributed by atoms with E-state index in [9.17, 15) is 4.79 Å². The Bertz CT molecular complexity index is 291. The maximum absolute atomic E-state index is 11.8. The van der Waals surface area contributed by atoms with E-state index in [1.807, 2.05) is 4.90 Å². The molecule has 4 nitrogen and oxygen atoms in total. The lowest BCUT2D eigenvalue weighted by Gasteiger charge is -2.19. The van der Waals surface area contributed by atoms with Gasteiger partial charge in [-0.05, 0) is 25.7 Å². The molecule has 1 aliphatic carbocycles. The molecule has 2 unspecified atom stereocenters. The fourth-order valence-corrected chi connectivity index (χ4v) is 2.66. The van der Waals surface area contributed by atoms with Crippen LogP contribution in [-0.4, -0.2) is 36.5 Å². The lowest BCUT2D eigenvalue weighted by molar-refractivity contribution is -0.129. The highest BCUT2D eigenvalue weighted by Gasteiger charge is 2.27. The molecule has 0 aromatic rings. The summed E-state index contributed by atoms with van der Waals surface area (Å²) >= 11 is 0. The molecule has 1 N–H and O–H groups in total. The molecule has 2 fully saturated rings. The Morgan fingerprint density at radius 1 is 1.31 bits per heavy atom. The van der Waals surface area contributed by atoms with Crippen molar-refractivity contribution < 1.29 is 4.79 Å². The average Bonchev–Trinajstić information content (AvgIpc) is 2.96. The van der Waals surface area contributed by atoms with Gasteiger partial charge in [0.25, 0.3) is 0 Å². The second-order valence-corrected chi connectivity index (χ2v) is 4.74. The molecule has 2 rings (SSSR count). The van der Waals surface area contributed by atoms with Gasteiger partial charge >= 0.3 is 0 Å². The first-order valence-electron chi connectivity index (χ1n) is 6.22. The Morgan fingerprint density at radius 2 is 2.06 bits per heavy atom. The van der Waals surface area contributed by atoms with Crippen molar-refractivity contribution in [2.75, 3.05) is 19.6 Å². The summed E-state index contributed by atoms with van der Waals surface area (Å²) in [6.45, 7) is 2.22. The molecular weight excluding hydrogens is 202 g/mol. The van der Waals surface area contributed by atoms with Crippen molar-refractivity contribution in [3.8, 4) is 6.07 Å². The first-order chi connectivity index (χ1) is 7.81. The zero-order valence-corrected chi connectivity index (χ0v) is 9.61. The Labute approximate surface area is 96.6 Å². The molecule has 1 saturated carbocycles. The van der Waals surface area contributed by atoms with Crippen molar-refractivity contribution in [1.29, 1.82) is 5.26 Å². The zero-order valence-electron chi connectivity index (χ0n) is 9.61. The molecule has 1 saturated heterocycles. The first-order valence-corrected chi connectivity index (χ1v) is 6.22. The van der Waals surface area contributed by atoms with Gasteiger partial charge in [0.15, 0.2) is 0 Å². The smallest absolute Gasteiger partial charge is 0.236 e. The van der Waals surface area contributed by atoms with E-state index in [1.165, 1.54) is 0 Å². The van der Waals surface area contributed by atoms with Crippen LogP contribution in [0.25, 0.3) is 0 Å². The van der Waals surface area contributed by atoms with E-state index in [-0.39, 0.29) is 17.9 Å². The number of hydrogen-bond acceptors (Lipinski definition) is 3. The zero-order chi connectivity index (χ0) is 11.4. The molecule has 0 bridgehead atoms. The average molecular weight is 221 g/mol. The molecule has 0 aromatic heterocycles. The van der Waals surface area contributed by atoms with Gasteiger partial charge in [-0.3, -0.25) is 4.79 Å². The number of carbonyl (C=O) groups excluding carboxylic acids is 1. The largest absolute Gasteiger partial charge is 0.342 e. The summed E-state index contributed by atoms with van der Waals surface area (Å²) in [5.41, 5.74) is 0. The molecule has 4 heteroatoms. The van der Waals surface area contributed by atoms with Crippen LogP contribution >= 0.6 is 0 Å². The summed E-state index contributed by atoms with van der Waals surface area (Å²) in [5.74, 6) is 0.299. The molecule has 88 valence electrons. The molecule has 1 amide bonds. The number of nitrogens with zero attached hydrogens (tertiary/aromatic N) is 2. The second kappa shape index (κ2) is 5.31. The summed E-state index contributed by atoms with van der Waals surface area (Å²) in [7, 11) is 0. The van der Waals surface area contributed by atoms with Crippen molar-refractivity contribution >= 4 is 5.91 Å². The van der Waals surface area contributed by atoms with Crippen LogP contribution in [0.5, 0.6) is 0 Å². The summed E-state index contributed by atoms with van der Waals surface area (Å²) in [6.07, 6.45) is 5.39. The van der Waals surface area contributed by atoms with Crippen molar-refractivity contribution in [2.45, 2.75) is 38.1 Å².